The first-order chi connectivity index (χ1) is 10.2. The highest BCUT2D eigenvalue weighted by atomic mass is 16.2. The fourth-order valence-corrected chi connectivity index (χ4v) is 2.69. The van der Waals surface area contributed by atoms with E-state index in [9.17, 15) is 4.79 Å². The zero-order chi connectivity index (χ0) is 15.1. The number of carbonyl (C=O) groups excluding carboxylic acids is 1. The molecule has 0 aromatic heterocycles. The Morgan fingerprint density at radius 1 is 1.10 bits per heavy atom. The Hall–Kier alpha value is -1.39. The SMILES string of the molecule is CCc1ccc(C(=O)N2CCN(CCCCO)CC2)cc1. The lowest BCUT2D eigenvalue weighted by molar-refractivity contribution is 0.0634. The van der Waals surface area contributed by atoms with Gasteiger partial charge in [-0.3, -0.25) is 9.69 Å². The third kappa shape index (κ3) is 4.55. The molecule has 0 saturated carbocycles. The van der Waals surface area contributed by atoms with Gasteiger partial charge in [0.2, 0.25) is 0 Å². The second kappa shape index (κ2) is 8.15. The van der Waals surface area contributed by atoms with Gasteiger partial charge < -0.3 is 10.0 Å². The summed E-state index contributed by atoms with van der Waals surface area (Å²) < 4.78 is 0. The number of carbonyl (C=O) groups is 1. The summed E-state index contributed by atoms with van der Waals surface area (Å²) in [7, 11) is 0. The molecule has 1 amide bonds. The highest BCUT2D eigenvalue weighted by molar-refractivity contribution is 5.94. The predicted octanol–water partition coefficient (Wildman–Crippen LogP) is 1.78. The van der Waals surface area contributed by atoms with E-state index in [0.717, 1.165) is 57.5 Å². The summed E-state index contributed by atoms with van der Waals surface area (Å²) in [5.74, 6) is 0.146. The number of aliphatic hydroxyl groups is 1. The minimum absolute atomic E-state index is 0.146. The molecular weight excluding hydrogens is 264 g/mol. The highest BCUT2D eigenvalue weighted by Gasteiger charge is 2.21. The van der Waals surface area contributed by atoms with Gasteiger partial charge >= 0.3 is 0 Å². The van der Waals surface area contributed by atoms with Gasteiger partial charge in [-0.1, -0.05) is 19.1 Å². The van der Waals surface area contributed by atoms with Gasteiger partial charge in [-0.05, 0) is 43.5 Å². The number of hydrogen-bond acceptors (Lipinski definition) is 3. The Balaban J connectivity index is 1.82. The maximum absolute atomic E-state index is 12.4. The maximum atomic E-state index is 12.4. The third-order valence-corrected chi connectivity index (χ3v) is 4.15. The van der Waals surface area contributed by atoms with Crippen molar-refractivity contribution in [2.75, 3.05) is 39.3 Å². The Labute approximate surface area is 127 Å². The number of piperazine rings is 1. The Morgan fingerprint density at radius 3 is 2.33 bits per heavy atom. The second-order valence-electron chi connectivity index (χ2n) is 5.62. The zero-order valence-electron chi connectivity index (χ0n) is 12.9. The lowest BCUT2D eigenvalue weighted by Gasteiger charge is -2.34. The fraction of sp³-hybridized carbons (Fsp3) is 0.588. The summed E-state index contributed by atoms with van der Waals surface area (Å²) >= 11 is 0. The summed E-state index contributed by atoms with van der Waals surface area (Å²) in [6, 6.07) is 7.96. The summed E-state index contributed by atoms with van der Waals surface area (Å²) in [4.78, 5) is 16.8. The van der Waals surface area contributed by atoms with E-state index in [1.807, 2.05) is 29.2 Å². The highest BCUT2D eigenvalue weighted by Crippen LogP contribution is 2.11. The van der Waals surface area contributed by atoms with Gasteiger partial charge in [-0.25, -0.2) is 0 Å². The van der Waals surface area contributed by atoms with Gasteiger partial charge in [0.25, 0.3) is 5.91 Å². The molecule has 0 radical (unpaired) electrons. The van der Waals surface area contributed by atoms with Crippen molar-refractivity contribution in [2.24, 2.45) is 0 Å². The monoisotopic (exact) mass is 290 g/mol. The molecule has 1 saturated heterocycles. The predicted molar refractivity (Wildman–Crippen MR) is 84.5 cm³/mol. The van der Waals surface area contributed by atoms with E-state index < -0.39 is 0 Å². The molecular formula is C17H26N2O2. The molecule has 4 heteroatoms. The first kappa shape index (κ1) is 16.0. The Morgan fingerprint density at radius 2 is 1.76 bits per heavy atom. The number of aliphatic hydroxyl groups excluding tert-OH is 1. The Bertz CT molecular complexity index is 437. The molecule has 0 aliphatic carbocycles. The second-order valence-corrected chi connectivity index (χ2v) is 5.62. The van der Waals surface area contributed by atoms with E-state index in [-0.39, 0.29) is 12.5 Å². The van der Waals surface area contributed by atoms with Gasteiger partial charge in [0, 0.05) is 38.3 Å². The minimum Gasteiger partial charge on any atom is -0.396 e. The largest absolute Gasteiger partial charge is 0.396 e. The normalized spacial score (nSPS) is 16.2. The van der Waals surface area contributed by atoms with E-state index in [2.05, 4.69) is 11.8 Å². The van der Waals surface area contributed by atoms with Crippen molar-refractivity contribution < 1.29 is 9.90 Å². The molecule has 1 aromatic carbocycles. The van der Waals surface area contributed by atoms with Crippen LogP contribution in [0.25, 0.3) is 0 Å². The molecule has 0 spiro atoms. The van der Waals surface area contributed by atoms with Crippen LogP contribution in [0.3, 0.4) is 0 Å². The van der Waals surface area contributed by atoms with Crippen LogP contribution in [0.5, 0.6) is 0 Å². The van der Waals surface area contributed by atoms with Crippen LogP contribution in [0.15, 0.2) is 24.3 Å². The average Bonchev–Trinajstić information content (AvgIpc) is 2.55. The maximum Gasteiger partial charge on any atom is 0.253 e. The number of nitrogens with zero attached hydrogens (tertiary/aromatic N) is 2. The molecule has 0 unspecified atom stereocenters. The summed E-state index contributed by atoms with van der Waals surface area (Å²) in [5, 5.41) is 8.80. The number of hydrogen-bond donors (Lipinski definition) is 1. The summed E-state index contributed by atoms with van der Waals surface area (Å²) in [6.45, 7) is 6.88. The molecule has 0 atom stereocenters. The van der Waals surface area contributed by atoms with Gasteiger partial charge in [0.1, 0.15) is 0 Å². The fourth-order valence-electron chi connectivity index (χ4n) is 2.69. The summed E-state index contributed by atoms with van der Waals surface area (Å²) in [5.41, 5.74) is 2.06. The molecule has 2 rings (SSSR count). The van der Waals surface area contributed by atoms with Crippen LogP contribution in [-0.2, 0) is 6.42 Å². The van der Waals surface area contributed by atoms with E-state index in [1.54, 1.807) is 0 Å². The number of unbranched alkanes of at least 4 members (excludes halogenated alkanes) is 1. The first-order valence-electron chi connectivity index (χ1n) is 7.96. The van der Waals surface area contributed by atoms with Gasteiger partial charge in [-0.2, -0.15) is 0 Å². The molecule has 1 fully saturated rings. The van der Waals surface area contributed by atoms with Gasteiger partial charge in [0.15, 0.2) is 0 Å². The first-order valence-corrected chi connectivity index (χ1v) is 7.96. The quantitative estimate of drug-likeness (QED) is 0.812. The molecule has 1 aliphatic heterocycles. The lowest BCUT2D eigenvalue weighted by atomic mass is 10.1. The van der Waals surface area contributed by atoms with Gasteiger partial charge in [-0.15, -0.1) is 0 Å². The summed E-state index contributed by atoms with van der Waals surface area (Å²) in [6.07, 6.45) is 2.90. The lowest BCUT2D eigenvalue weighted by Crippen LogP contribution is -2.48. The molecule has 1 heterocycles. The third-order valence-electron chi connectivity index (χ3n) is 4.15. The minimum atomic E-state index is 0.146. The number of amides is 1. The average molecular weight is 290 g/mol. The van der Waals surface area contributed by atoms with E-state index in [1.165, 1.54) is 5.56 Å². The molecule has 21 heavy (non-hydrogen) atoms. The van der Waals surface area contributed by atoms with Crippen molar-refractivity contribution in [2.45, 2.75) is 26.2 Å². The van der Waals surface area contributed by atoms with Crippen molar-refractivity contribution >= 4 is 5.91 Å². The molecule has 4 nitrogen and oxygen atoms in total. The van der Waals surface area contributed by atoms with Crippen LogP contribution in [0.1, 0.15) is 35.7 Å². The molecule has 1 aromatic rings. The Kier molecular flexibility index (Phi) is 6.21. The van der Waals surface area contributed by atoms with Crippen molar-refractivity contribution in [1.29, 1.82) is 0 Å². The van der Waals surface area contributed by atoms with Crippen LogP contribution in [0.4, 0.5) is 0 Å². The van der Waals surface area contributed by atoms with Crippen molar-refractivity contribution in [1.82, 2.24) is 9.80 Å². The van der Waals surface area contributed by atoms with Crippen molar-refractivity contribution in [3.63, 3.8) is 0 Å². The molecule has 1 N–H and O–H groups in total. The van der Waals surface area contributed by atoms with Crippen LogP contribution in [0.2, 0.25) is 0 Å². The van der Waals surface area contributed by atoms with Crippen LogP contribution in [0, 0.1) is 0 Å². The number of rotatable bonds is 6. The topological polar surface area (TPSA) is 43.8 Å². The smallest absolute Gasteiger partial charge is 0.253 e. The van der Waals surface area contributed by atoms with Gasteiger partial charge in [0.05, 0.1) is 0 Å². The van der Waals surface area contributed by atoms with E-state index in [0.29, 0.717) is 0 Å². The van der Waals surface area contributed by atoms with Crippen LogP contribution >= 0.6 is 0 Å². The van der Waals surface area contributed by atoms with Crippen LogP contribution < -0.4 is 0 Å². The van der Waals surface area contributed by atoms with Crippen molar-refractivity contribution in [3.05, 3.63) is 35.4 Å². The molecule has 1 aliphatic rings. The zero-order valence-corrected chi connectivity index (χ0v) is 12.9. The molecule has 0 bridgehead atoms. The van der Waals surface area contributed by atoms with Crippen molar-refractivity contribution in [3.8, 4) is 0 Å². The van der Waals surface area contributed by atoms with E-state index in [4.69, 9.17) is 5.11 Å². The van der Waals surface area contributed by atoms with Crippen LogP contribution in [-0.4, -0.2) is 60.1 Å². The standard InChI is InChI=1S/C17H26N2O2/c1-2-15-5-7-16(8-6-15)17(21)19-12-10-18(11-13-19)9-3-4-14-20/h5-8,20H,2-4,9-14H2,1H3. The number of aryl methyl sites for hydroxylation is 1. The van der Waals surface area contributed by atoms with E-state index >= 15 is 0 Å². The number of benzene rings is 1. The molecule has 116 valence electrons.